The first kappa shape index (κ1) is 8.06. The molecule has 0 amide bonds. The summed E-state index contributed by atoms with van der Waals surface area (Å²) < 4.78 is 18.1. The van der Waals surface area contributed by atoms with Crippen molar-refractivity contribution < 1.29 is 9.13 Å². The summed E-state index contributed by atoms with van der Waals surface area (Å²) >= 11 is 0. The molecule has 0 saturated carbocycles. The normalized spacial score (nSPS) is 19.8. The van der Waals surface area contributed by atoms with Crippen LogP contribution in [0.1, 0.15) is 17.9 Å². The molecule has 0 aliphatic carbocycles. The number of ether oxygens (including phenoxy) is 1. The van der Waals surface area contributed by atoms with Crippen LogP contribution in [0.4, 0.5) is 4.39 Å². The molecule has 3 heteroatoms. The standard InChI is InChI=1S/C10H8FNO/c11-8-1-2-10-9(5-8)7(6-12)3-4-13-10/h1-2,5,7H,3-4H2. The third-order valence-corrected chi connectivity index (χ3v) is 2.17. The Morgan fingerprint density at radius 2 is 2.38 bits per heavy atom. The molecule has 0 radical (unpaired) electrons. The molecule has 2 rings (SSSR count). The van der Waals surface area contributed by atoms with Crippen LogP contribution in [0, 0.1) is 17.1 Å². The summed E-state index contributed by atoms with van der Waals surface area (Å²) in [6, 6.07) is 6.44. The molecule has 0 N–H and O–H groups in total. The predicted molar refractivity (Wildman–Crippen MR) is 44.9 cm³/mol. The van der Waals surface area contributed by atoms with Gasteiger partial charge in [-0.3, -0.25) is 0 Å². The van der Waals surface area contributed by atoms with Gasteiger partial charge in [0.1, 0.15) is 11.6 Å². The van der Waals surface area contributed by atoms with Crippen LogP contribution < -0.4 is 4.74 Å². The minimum Gasteiger partial charge on any atom is -0.493 e. The summed E-state index contributed by atoms with van der Waals surface area (Å²) in [5.41, 5.74) is 0.675. The molecule has 1 aromatic carbocycles. The topological polar surface area (TPSA) is 33.0 Å². The second kappa shape index (κ2) is 3.06. The van der Waals surface area contributed by atoms with E-state index in [-0.39, 0.29) is 11.7 Å². The Bertz CT molecular complexity index is 370. The molecule has 0 spiro atoms. The summed E-state index contributed by atoms with van der Waals surface area (Å²) in [6.07, 6.45) is 0.646. The van der Waals surface area contributed by atoms with Crippen LogP contribution in [0.3, 0.4) is 0 Å². The van der Waals surface area contributed by atoms with Gasteiger partial charge >= 0.3 is 0 Å². The Morgan fingerprint density at radius 3 is 3.15 bits per heavy atom. The molecule has 66 valence electrons. The lowest BCUT2D eigenvalue weighted by atomic mass is 9.95. The van der Waals surface area contributed by atoms with E-state index in [2.05, 4.69) is 6.07 Å². The summed E-state index contributed by atoms with van der Waals surface area (Å²) in [4.78, 5) is 0. The van der Waals surface area contributed by atoms with Crippen LogP contribution >= 0.6 is 0 Å². The molecule has 0 bridgehead atoms. The number of halogens is 1. The Kier molecular flexibility index (Phi) is 1.90. The maximum Gasteiger partial charge on any atom is 0.124 e. The molecule has 0 aromatic heterocycles. The first-order valence-corrected chi connectivity index (χ1v) is 4.13. The average molecular weight is 177 g/mol. The van der Waals surface area contributed by atoms with Crippen molar-refractivity contribution in [1.82, 2.24) is 0 Å². The molecule has 1 heterocycles. The highest BCUT2D eigenvalue weighted by atomic mass is 19.1. The zero-order chi connectivity index (χ0) is 9.26. The number of hydrogen-bond acceptors (Lipinski definition) is 2. The zero-order valence-corrected chi connectivity index (χ0v) is 6.96. The molecule has 1 atom stereocenters. The molecule has 1 unspecified atom stereocenters. The van der Waals surface area contributed by atoms with E-state index in [4.69, 9.17) is 10.00 Å². The smallest absolute Gasteiger partial charge is 0.124 e. The van der Waals surface area contributed by atoms with Crippen molar-refractivity contribution in [3.63, 3.8) is 0 Å². The van der Waals surface area contributed by atoms with Gasteiger partial charge in [0.2, 0.25) is 0 Å². The fourth-order valence-corrected chi connectivity index (χ4v) is 1.50. The quantitative estimate of drug-likeness (QED) is 0.608. The molecule has 1 aliphatic heterocycles. The molecule has 1 aromatic rings. The van der Waals surface area contributed by atoms with E-state index < -0.39 is 0 Å². The molecule has 0 fully saturated rings. The second-order valence-corrected chi connectivity index (χ2v) is 3.00. The number of nitriles is 1. The van der Waals surface area contributed by atoms with Crippen LogP contribution in [-0.4, -0.2) is 6.61 Å². The zero-order valence-electron chi connectivity index (χ0n) is 6.96. The second-order valence-electron chi connectivity index (χ2n) is 3.00. The third kappa shape index (κ3) is 1.35. The third-order valence-electron chi connectivity index (χ3n) is 2.17. The Balaban J connectivity index is 2.49. The monoisotopic (exact) mass is 177 g/mol. The molecule has 0 saturated heterocycles. The summed E-state index contributed by atoms with van der Waals surface area (Å²) in [5, 5.41) is 8.80. The highest BCUT2D eigenvalue weighted by molar-refractivity contribution is 5.40. The van der Waals surface area contributed by atoms with Crippen molar-refractivity contribution >= 4 is 0 Å². The highest BCUT2D eigenvalue weighted by Gasteiger charge is 2.21. The van der Waals surface area contributed by atoms with E-state index in [9.17, 15) is 4.39 Å². The Hall–Kier alpha value is -1.56. The van der Waals surface area contributed by atoms with Gasteiger partial charge in [-0.05, 0) is 18.2 Å². The predicted octanol–water partition coefficient (Wildman–Crippen LogP) is 2.22. The van der Waals surface area contributed by atoms with E-state index in [0.717, 1.165) is 0 Å². The van der Waals surface area contributed by atoms with Crippen LogP contribution in [-0.2, 0) is 0 Å². The summed E-state index contributed by atoms with van der Waals surface area (Å²) in [5.74, 6) is 0.100. The van der Waals surface area contributed by atoms with Crippen molar-refractivity contribution in [2.75, 3.05) is 6.61 Å². The van der Waals surface area contributed by atoms with Crippen molar-refractivity contribution in [2.45, 2.75) is 12.3 Å². The summed E-state index contributed by atoms with van der Waals surface area (Å²) in [6.45, 7) is 0.539. The van der Waals surface area contributed by atoms with Crippen molar-refractivity contribution in [2.24, 2.45) is 0 Å². The lowest BCUT2D eigenvalue weighted by molar-refractivity contribution is 0.279. The van der Waals surface area contributed by atoms with Gasteiger partial charge < -0.3 is 4.74 Å². The van der Waals surface area contributed by atoms with E-state index in [1.54, 1.807) is 6.07 Å². The van der Waals surface area contributed by atoms with Gasteiger partial charge in [0, 0.05) is 12.0 Å². The summed E-state index contributed by atoms with van der Waals surface area (Å²) in [7, 11) is 0. The number of rotatable bonds is 0. The fraction of sp³-hybridized carbons (Fsp3) is 0.300. The number of benzene rings is 1. The van der Waals surface area contributed by atoms with Crippen LogP contribution in [0.2, 0.25) is 0 Å². The van der Waals surface area contributed by atoms with Crippen LogP contribution in [0.5, 0.6) is 5.75 Å². The van der Waals surface area contributed by atoms with Gasteiger partial charge in [-0.15, -0.1) is 0 Å². The molecule has 1 aliphatic rings. The minimum absolute atomic E-state index is 0.223. The number of fused-ring (bicyclic) bond motifs is 1. The fourth-order valence-electron chi connectivity index (χ4n) is 1.50. The molecule has 2 nitrogen and oxygen atoms in total. The van der Waals surface area contributed by atoms with Crippen molar-refractivity contribution in [3.8, 4) is 11.8 Å². The largest absolute Gasteiger partial charge is 0.493 e. The maximum atomic E-state index is 12.8. The van der Waals surface area contributed by atoms with Crippen molar-refractivity contribution in [1.29, 1.82) is 5.26 Å². The Morgan fingerprint density at radius 1 is 1.54 bits per heavy atom. The maximum absolute atomic E-state index is 12.8. The molecule has 13 heavy (non-hydrogen) atoms. The minimum atomic E-state index is -0.315. The van der Waals surface area contributed by atoms with Gasteiger partial charge in [-0.25, -0.2) is 4.39 Å². The first-order chi connectivity index (χ1) is 6.31. The van der Waals surface area contributed by atoms with E-state index >= 15 is 0 Å². The lowest BCUT2D eigenvalue weighted by Crippen LogP contribution is -2.13. The van der Waals surface area contributed by atoms with E-state index in [1.807, 2.05) is 0 Å². The van der Waals surface area contributed by atoms with E-state index in [1.165, 1.54) is 12.1 Å². The SMILES string of the molecule is N#CC1CCOc2ccc(F)cc21. The van der Waals surface area contributed by atoms with Gasteiger partial charge in [0.05, 0.1) is 18.6 Å². The van der Waals surface area contributed by atoms with Crippen molar-refractivity contribution in [3.05, 3.63) is 29.6 Å². The number of nitrogens with zero attached hydrogens (tertiary/aromatic N) is 1. The molecular weight excluding hydrogens is 169 g/mol. The van der Waals surface area contributed by atoms with Gasteiger partial charge in [-0.2, -0.15) is 5.26 Å². The lowest BCUT2D eigenvalue weighted by Gasteiger charge is -2.20. The van der Waals surface area contributed by atoms with Gasteiger partial charge in [-0.1, -0.05) is 0 Å². The first-order valence-electron chi connectivity index (χ1n) is 4.13. The average Bonchev–Trinajstić information content (AvgIpc) is 2.17. The number of hydrogen-bond donors (Lipinski definition) is 0. The van der Waals surface area contributed by atoms with Gasteiger partial charge in [0.15, 0.2) is 0 Å². The van der Waals surface area contributed by atoms with Crippen LogP contribution in [0.25, 0.3) is 0 Å². The Labute approximate surface area is 75.6 Å². The van der Waals surface area contributed by atoms with Crippen LogP contribution in [0.15, 0.2) is 18.2 Å². The van der Waals surface area contributed by atoms with E-state index in [0.29, 0.717) is 24.3 Å². The molecular formula is C10H8FNO. The van der Waals surface area contributed by atoms with Gasteiger partial charge in [0.25, 0.3) is 0 Å². The highest BCUT2D eigenvalue weighted by Crippen LogP contribution is 2.33.